The second kappa shape index (κ2) is 7.27. The number of ketones is 2. The molecule has 3 aromatic rings. The van der Waals surface area contributed by atoms with E-state index in [0.29, 0.717) is 10.8 Å². The predicted octanol–water partition coefficient (Wildman–Crippen LogP) is 1.95. The first-order chi connectivity index (χ1) is 17.0. The number of fused-ring (bicyclic) bond motifs is 8. The van der Waals surface area contributed by atoms with Crippen molar-refractivity contribution in [1.29, 1.82) is 0 Å². The summed E-state index contributed by atoms with van der Waals surface area (Å²) >= 11 is 0. The van der Waals surface area contributed by atoms with Gasteiger partial charge in [-0.2, -0.15) is 0 Å². The van der Waals surface area contributed by atoms with Crippen LogP contribution in [0.5, 0.6) is 17.2 Å². The molecule has 1 aliphatic carbocycles. The van der Waals surface area contributed by atoms with Crippen molar-refractivity contribution in [2.45, 2.75) is 44.0 Å². The third-order valence-corrected chi connectivity index (χ3v) is 7.70. The van der Waals surface area contributed by atoms with Crippen LogP contribution in [-0.2, 0) is 10.3 Å². The molecule has 3 aromatic carbocycles. The van der Waals surface area contributed by atoms with Crippen molar-refractivity contribution in [3.8, 4) is 17.2 Å². The number of aryl methyl sites for hydroxylation is 1. The maximum Gasteiger partial charge on any atom is 0.228 e. The Bertz CT molecular complexity index is 1510. The minimum absolute atomic E-state index is 0.0198. The summed E-state index contributed by atoms with van der Waals surface area (Å²) in [6.45, 7) is 3.46. The highest BCUT2D eigenvalue weighted by Gasteiger charge is 2.59. The van der Waals surface area contributed by atoms with Crippen molar-refractivity contribution in [2.24, 2.45) is 0 Å². The van der Waals surface area contributed by atoms with Gasteiger partial charge >= 0.3 is 0 Å². The lowest BCUT2D eigenvalue weighted by atomic mass is 9.74. The van der Waals surface area contributed by atoms with Gasteiger partial charge in [0.2, 0.25) is 12.1 Å². The molecular formula is C27H25NO8. The molecule has 2 aliphatic heterocycles. The summed E-state index contributed by atoms with van der Waals surface area (Å²) < 4.78 is 11.9. The minimum Gasteiger partial charge on any atom is -0.507 e. The van der Waals surface area contributed by atoms with Gasteiger partial charge < -0.3 is 34.8 Å². The van der Waals surface area contributed by atoms with E-state index < -0.39 is 47.5 Å². The molecule has 0 amide bonds. The fourth-order valence-corrected chi connectivity index (χ4v) is 5.84. The third-order valence-electron chi connectivity index (χ3n) is 7.70. The van der Waals surface area contributed by atoms with Crippen molar-refractivity contribution in [3.05, 3.63) is 63.7 Å². The van der Waals surface area contributed by atoms with Crippen molar-refractivity contribution in [1.82, 2.24) is 4.90 Å². The number of likely N-dealkylation sites (N-methyl/N-ethyl adjacent to an activating group) is 1. The van der Waals surface area contributed by atoms with E-state index in [1.165, 1.54) is 6.07 Å². The van der Waals surface area contributed by atoms with Gasteiger partial charge in [-0.15, -0.1) is 0 Å². The van der Waals surface area contributed by atoms with Crippen LogP contribution in [0.25, 0.3) is 10.8 Å². The number of phenolic OH excluding ortho intramolecular Hbond substituents is 2. The Hall–Kier alpha value is -3.50. The second-order valence-corrected chi connectivity index (χ2v) is 10.2. The number of benzene rings is 3. The monoisotopic (exact) mass is 491 g/mol. The van der Waals surface area contributed by atoms with E-state index in [1.807, 2.05) is 6.92 Å². The number of hydrogen-bond donors (Lipinski definition) is 4. The lowest BCUT2D eigenvalue weighted by molar-refractivity contribution is -0.311. The van der Waals surface area contributed by atoms with E-state index in [-0.39, 0.29) is 39.3 Å². The number of phenols is 2. The fraction of sp³-hybridized carbons (Fsp3) is 0.333. The predicted molar refractivity (Wildman–Crippen MR) is 128 cm³/mol. The number of aliphatic hydroxyl groups excluding tert-OH is 2. The number of ether oxygens (including phenoxy) is 2. The number of hydrogen-bond acceptors (Lipinski definition) is 9. The van der Waals surface area contributed by atoms with Crippen LogP contribution in [-0.4, -0.2) is 75.5 Å². The average molecular weight is 491 g/mol. The van der Waals surface area contributed by atoms with Gasteiger partial charge in [0.05, 0.1) is 22.7 Å². The van der Waals surface area contributed by atoms with Gasteiger partial charge in [-0.1, -0.05) is 23.8 Å². The van der Waals surface area contributed by atoms with Gasteiger partial charge in [-0.25, -0.2) is 0 Å². The molecule has 1 saturated heterocycles. The molecule has 0 saturated carbocycles. The van der Waals surface area contributed by atoms with Crippen LogP contribution in [0.1, 0.15) is 49.9 Å². The molecule has 36 heavy (non-hydrogen) atoms. The van der Waals surface area contributed by atoms with E-state index in [2.05, 4.69) is 0 Å². The lowest BCUT2D eigenvalue weighted by Gasteiger charge is -2.53. The van der Waals surface area contributed by atoms with Crippen molar-refractivity contribution < 1.29 is 39.5 Å². The lowest BCUT2D eigenvalue weighted by Crippen LogP contribution is -2.68. The smallest absolute Gasteiger partial charge is 0.228 e. The Morgan fingerprint density at radius 2 is 1.69 bits per heavy atom. The number of aromatic hydroxyl groups is 2. The fourth-order valence-electron chi connectivity index (χ4n) is 5.84. The third kappa shape index (κ3) is 2.74. The van der Waals surface area contributed by atoms with Crippen molar-refractivity contribution >= 4 is 22.3 Å². The largest absolute Gasteiger partial charge is 0.507 e. The van der Waals surface area contributed by atoms with Gasteiger partial charge in [0.15, 0.2) is 5.78 Å². The number of nitrogens with zero attached hydrogens (tertiary/aromatic N) is 1. The Morgan fingerprint density at radius 1 is 0.972 bits per heavy atom. The molecule has 2 heterocycles. The molecule has 0 aromatic heterocycles. The first kappa shape index (κ1) is 22.9. The quantitative estimate of drug-likeness (QED) is 0.315. The zero-order valence-corrected chi connectivity index (χ0v) is 20.1. The van der Waals surface area contributed by atoms with Crippen LogP contribution < -0.4 is 4.74 Å². The summed E-state index contributed by atoms with van der Waals surface area (Å²) in [5, 5.41) is 45.1. The maximum absolute atomic E-state index is 13.9. The van der Waals surface area contributed by atoms with Crippen LogP contribution >= 0.6 is 0 Å². The van der Waals surface area contributed by atoms with Gasteiger partial charge in [-0.3, -0.25) is 9.59 Å². The number of rotatable bonds is 1. The van der Waals surface area contributed by atoms with Crippen LogP contribution in [0.3, 0.4) is 0 Å². The topological polar surface area (TPSA) is 137 Å². The van der Waals surface area contributed by atoms with Crippen LogP contribution in [0.2, 0.25) is 0 Å². The first-order valence-electron chi connectivity index (χ1n) is 11.6. The molecular weight excluding hydrogens is 466 g/mol. The van der Waals surface area contributed by atoms with E-state index in [9.17, 15) is 30.0 Å². The van der Waals surface area contributed by atoms with Crippen molar-refractivity contribution in [3.63, 3.8) is 0 Å². The summed E-state index contributed by atoms with van der Waals surface area (Å²) in [6.07, 6.45) is -3.75. The Labute approximate surface area is 206 Å². The zero-order valence-electron chi connectivity index (χ0n) is 20.1. The second-order valence-electron chi connectivity index (χ2n) is 10.2. The van der Waals surface area contributed by atoms with Crippen LogP contribution in [0, 0.1) is 6.92 Å². The zero-order chi connectivity index (χ0) is 25.8. The highest BCUT2D eigenvalue weighted by atomic mass is 16.7. The number of aliphatic hydroxyl groups is 2. The molecule has 5 atom stereocenters. The van der Waals surface area contributed by atoms with Crippen LogP contribution in [0.15, 0.2) is 30.3 Å². The van der Waals surface area contributed by atoms with E-state index in [1.54, 1.807) is 50.2 Å². The number of carbonyl (C=O) groups is 2. The molecule has 2 bridgehead atoms. The van der Waals surface area contributed by atoms with E-state index >= 15 is 0 Å². The standard InChI is InChI=1S/C27H25NO8/c1-10-5-6-12-11(7-10)8-13-16(20(12)30)22(32)17-15(29)9-14-24(18(17)21(13)31)35-26-23(33)19(28(3)4)25(34)27(14,2)36-26/h5-9,19,23,25-26,29-30,33-34H,1-4H3/t19-,23-,25+,26+,27-/m0/s1. The van der Waals surface area contributed by atoms with Gasteiger partial charge in [-0.05, 0) is 45.5 Å². The van der Waals surface area contributed by atoms with Crippen molar-refractivity contribution in [2.75, 3.05) is 14.1 Å². The molecule has 0 spiro atoms. The first-order valence-corrected chi connectivity index (χ1v) is 11.6. The molecule has 0 unspecified atom stereocenters. The average Bonchev–Trinajstić information content (AvgIpc) is 2.81. The highest BCUT2D eigenvalue weighted by Crippen LogP contribution is 2.53. The summed E-state index contributed by atoms with van der Waals surface area (Å²) in [4.78, 5) is 29.2. The Morgan fingerprint density at radius 3 is 2.39 bits per heavy atom. The minimum atomic E-state index is -1.45. The molecule has 186 valence electrons. The van der Waals surface area contributed by atoms with E-state index in [0.717, 1.165) is 5.56 Å². The van der Waals surface area contributed by atoms with Gasteiger partial charge in [0, 0.05) is 16.5 Å². The number of carbonyl (C=O) groups excluding carboxylic acids is 2. The molecule has 9 heteroatoms. The molecule has 6 rings (SSSR count). The Balaban J connectivity index is 1.62. The molecule has 4 N–H and O–H groups in total. The molecule has 3 aliphatic rings. The van der Waals surface area contributed by atoms with Crippen LogP contribution in [0.4, 0.5) is 0 Å². The maximum atomic E-state index is 13.9. The summed E-state index contributed by atoms with van der Waals surface area (Å²) in [5.41, 5.74) is -1.05. The normalized spacial score (nSPS) is 28.5. The molecule has 0 radical (unpaired) electrons. The molecule has 9 nitrogen and oxygen atoms in total. The molecule has 1 fully saturated rings. The van der Waals surface area contributed by atoms with E-state index in [4.69, 9.17) is 9.47 Å². The van der Waals surface area contributed by atoms with Gasteiger partial charge in [0.25, 0.3) is 0 Å². The SMILES string of the molecule is Cc1ccc2c(O)c3c(cc2c1)C(=O)c1c2c(cc(O)c1C3=O)[C@]1(C)O[C@@H](O2)[C@@H](O)[C@H](N(C)C)[C@H]1O. The highest BCUT2D eigenvalue weighted by molar-refractivity contribution is 6.32. The summed E-state index contributed by atoms with van der Waals surface area (Å²) in [7, 11) is 3.40. The van der Waals surface area contributed by atoms with Gasteiger partial charge in [0.1, 0.15) is 35.1 Å². The Kier molecular flexibility index (Phi) is 4.63. The summed E-state index contributed by atoms with van der Waals surface area (Å²) in [5.74, 6) is -2.22. The summed E-state index contributed by atoms with van der Waals surface area (Å²) in [6, 6.07) is 7.29.